The molecule has 0 spiro atoms. The second-order valence-electron chi connectivity index (χ2n) is 9.13. The highest BCUT2D eigenvalue weighted by molar-refractivity contribution is 5.86. The summed E-state index contributed by atoms with van der Waals surface area (Å²) in [5.41, 5.74) is 4.15. The summed E-state index contributed by atoms with van der Waals surface area (Å²) in [7, 11) is 0. The molecule has 3 N–H and O–H groups in total. The molecule has 0 heterocycles. The highest BCUT2D eigenvalue weighted by Gasteiger charge is 2.33. The van der Waals surface area contributed by atoms with E-state index in [2.05, 4.69) is 10.6 Å². The van der Waals surface area contributed by atoms with Crippen molar-refractivity contribution in [2.24, 2.45) is 5.92 Å². The van der Waals surface area contributed by atoms with Crippen molar-refractivity contribution in [2.75, 3.05) is 6.61 Å². The highest BCUT2D eigenvalue weighted by Crippen LogP contribution is 2.44. The van der Waals surface area contributed by atoms with Crippen molar-refractivity contribution in [3.63, 3.8) is 0 Å². The van der Waals surface area contributed by atoms with Crippen molar-refractivity contribution >= 4 is 18.0 Å². The first-order valence-electron chi connectivity index (χ1n) is 11.7. The van der Waals surface area contributed by atoms with Gasteiger partial charge in [0.25, 0.3) is 0 Å². The molecule has 9 heteroatoms. The summed E-state index contributed by atoms with van der Waals surface area (Å²) >= 11 is 0. The number of carboxylic acids is 1. The molecule has 3 unspecified atom stereocenters. The minimum absolute atomic E-state index is 0.00235. The molecule has 1 fully saturated rings. The van der Waals surface area contributed by atoms with Gasteiger partial charge < -0.3 is 20.5 Å². The Bertz CT molecular complexity index is 1050. The number of hydrogen-bond donors (Lipinski definition) is 3. The van der Waals surface area contributed by atoms with Crippen molar-refractivity contribution in [2.45, 2.75) is 56.5 Å². The Morgan fingerprint density at radius 1 is 1.00 bits per heavy atom. The Morgan fingerprint density at radius 3 is 2.23 bits per heavy atom. The Kier molecular flexibility index (Phi) is 7.63. The number of fused-ring (bicyclic) bond motifs is 3. The minimum atomic E-state index is -2.80. The van der Waals surface area contributed by atoms with Gasteiger partial charge in [-0.1, -0.05) is 48.5 Å². The number of carboxylic acid groups (broad SMARTS) is 1. The third kappa shape index (κ3) is 5.96. The van der Waals surface area contributed by atoms with Crippen molar-refractivity contribution in [3.8, 4) is 11.1 Å². The lowest BCUT2D eigenvalue weighted by atomic mass is 9.98. The van der Waals surface area contributed by atoms with Crippen LogP contribution in [0.25, 0.3) is 11.1 Å². The van der Waals surface area contributed by atoms with Gasteiger partial charge in [-0.05, 0) is 47.4 Å². The maximum absolute atomic E-state index is 13.1. The molecule has 186 valence electrons. The number of nitrogens with one attached hydrogen (secondary N) is 2. The number of amides is 2. The van der Waals surface area contributed by atoms with Crippen LogP contribution in [-0.4, -0.2) is 48.2 Å². The molecule has 2 aliphatic rings. The van der Waals surface area contributed by atoms with Gasteiger partial charge in [0.15, 0.2) is 0 Å². The van der Waals surface area contributed by atoms with Gasteiger partial charge in [0, 0.05) is 24.8 Å². The van der Waals surface area contributed by atoms with Crippen molar-refractivity contribution in [1.29, 1.82) is 0 Å². The molecule has 7 nitrogen and oxygen atoms in total. The molecule has 0 bridgehead atoms. The standard InChI is InChI=1S/C26H28F2N2O5/c27-23(28)13-22(25(33)29-16-10-9-15(11-16)12-24(31)32)30-26(34)35-14-21-19-7-3-1-5-17(19)18-6-2-4-8-20(18)21/h1-8,15-16,21-23H,9-14H2,(H,29,33)(H,30,34)(H,31,32). The quantitative estimate of drug-likeness (QED) is 0.490. The molecule has 2 aromatic carbocycles. The van der Waals surface area contributed by atoms with Crippen molar-refractivity contribution < 1.29 is 33.0 Å². The molecule has 1 saturated carbocycles. The van der Waals surface area contributed by atoms with Gasteiger partial charge in [-0.25, -0.2) is 13.6 Å². The number of alkyl carbamates (subject to hydrolysis) is 1. The predicted molar refractivity (Wildman–Crippen MR) is 124 cm³/mol. The second kappa shape index (κ2) is 10.8. The summed E-state index contributed by atoms with van der Waals surface area (Å²) in [6.07, 6.45) is -2.92. The lowest BCUT2D eigenvalue weighted by Gasteiger charge is -2.21. The molecule has 2 amide bonds. The fraction of sp³-hybridized carbons (Fsp3) is 0.423. The zero-order chi connectivity index (χ0) is 24.9. The zero-order valence-corrected chi connectivity index (χ0v) is 19.1. The van der Waals surface area contributed by atoms with E-state index in [1.165, 1.54) is 0 Å². The molecule has 35 heavy (non-hydrogen) atoms. The number of hydrogen-bond acceptors (Lipinski definition) is 4. The van der Waals surface area contributed by atoms with Crippen LogP contribution in [0.3, 0.4) is 0 Å². The van der Waals surface area contributed by atoms with Gasteiger partial charge in [-0.15, -0.1) is 0 Å². The summed E-state index contributed by atoms with van der Waals surface area (Å²) in [4.78, 5) is 36.1. The molecule has 3 atom stereocenters. The first kappa shape index (κ1) is 24.6. The average molecular weight is 487 g/mol. The van der Waals surface area contributed by atoms with Crippen molar-refractivity contribution in [3.05, 3.63) is 59.7 Å². The molecule has 2 aromatic rings. The number of ether oxygens (including phenoxy) is 1. The van der Waals surface area contributed by atoms with Crippen LogP contribution in [0.4, 0.5) is 13.6 Å². The van der Waals surface area contributed by atoms with E-state index >= 15 is 0 Å². The molecular formula is C26H28F2N2O5. The van der Waals surface area contributed by atoms with E-state index in [1.807, 2.05) is 48.5 Å². The highest BCUT2D eigenvalue weighted by atomic mass is 19.3. The van der Waals surface area contributed by atoms with Crippen LogP contribution in [0.1, 0.15) is 49.1 Å². The van der Waals surface area contributed by atoms with Crippen LogP contribution < -0.4 is 10.6 Å². The summed E-state index contributed by atoms with van der Waals surface area (Å²) in [5.74, 6) is -1.89. The molecule has 2 aliphatic carbocycles. The first-order valence-corrected chi connectivity index (χ1v) is 11.7. The van der Waals surface area contributed by atoms with E-state index in [9.17, 15) is 23.2 Å². The molecule has 0 aromatic heterocycles. The van der Waals surface area contributed by atoms with Crippen LogP contribution in [0.5, 0.6) is 0 Å². The van der Waals surface area contributed by atoms with Crippen LogP contribution in [-0.2, 0) is 14.3 Å². The molecule has 0 saturated heterocycles. The number of rotatable bonds is 9. The Morgan fingerprint density at radius 2 is 1.63 bits per heavy atom. The van der Waals surface area contributed by atoms with E-state index in [1.54, 1.807) is 0 Å². The predicted octanol–water partition coefficient (Wildman–Crippen LogP) is 4.31. The monoisotopic (exact) mass is 486 g/mol. The third-order valence-electron chi connectivity index (χ3n) is 6.72. The summed E-state index contributed by atoms with van der Waals surface area (Å²) < 4.78 is 31.7. The number of carbonyl (C=O) groups is 3. The Hall–Kier alpha value is -3.49. The second-order valence-corrected chi connectivity index (χ2v) is 9.13. The Balaban J connectivity index is 1.35. The van der Waals surface area contributed by atoms with Crippen LogP contribution >= 0.6 is 0 Å². The SMILES string of the molecule is O=C(O)CC1CCC(NC(=O)C(CC(F)F)NC(=O)OCC2c3ccccc3-c3ccccc32)C1. The van der Waals surface area contributed by atoms with E-state index in [4.69, 9.17) is 9.84 Å². The van der Waals surface area contributed by atoms with E-state index in [0.29, 0.717) is 19.3 Å². The fourth-order valence-electron chi connectivity index (χ4n) is 5.13. The topological polar surface area (TPSA) is 105 Å². The average Bonchev–Trinajstić information content (AvgIpc) is 3.38. The van der Waals surface area contributed by atoms with Crippen LogP contribution in [0, 0.1) is 5.92 Å². The number of halogens is 2. The van der Waals surface area contributed by atoms with Gasteiger partial charge in [0.2, 0.25) is 12.3 Å². The largest absolute Gasteiger partial charge is 0.481 e. The number of benzene rings is 2. The van der Waals surface area contributed by atoms with E-state index in [-0.39, 0.29) is 30.9 Å². The van der Waals surface area contributed by atoms with Gasteiger partial charge in [-0.3, -0.25) is 9.59 Å². The van der Waals surface area contributed by atoms with E-state index in [0.717, 1.165) is 22.3 Å². The number of alkyl halides is 2. The lowest BCUT2D eigenvalue weighted by Crippen LogP contribution is -2.50. The number of aliphatic carboxylic acids is 1. The summed E-state index contributed by atoms with van der Waals surface area (Å²) in [6, 6.07) is 13.9. The molecule has 0 aliphatic heterocycles. The Labute approximate surface area is 201 Å². The van der Waals surface area contributed by atoms with Crippen LogP contribution in [0.2, 0.25) is 0 Å². The van der Waals surface area contributed by atoms with Gasteiger partial charge in [-0.2, -0.15) is 0 Å². The normalized spacial score (nSPS) is 19.6. The summed E-state index contributed by atoms with van der Waals surface area (Å²) in [5, 5.41) is 13.9. The van der Waals surface area contributed by atoms with Gasteiger partial charge in [0.1, 0.15) is 12.6 Å². The molecule has 4 rings (SSSR count). The third-order valence-corrected chi connectivity index (χ3v) is 6.72. The lowest BCUT2D eigenvalue weighted by molar-refractivity contribution is -0.138. The summed E-state index contributed by atoms with van der Waals surface area (Å²) in [6.45, 7) is 0.00235. The smallest absolute Gasteiger partial charge is 0.407 e. The maximum atomic E-state index is 13.1. The van der Waals surface area contributed by atoms with Gasteiger partial charge in [0.05, 0.1) is 0 Å². The molecule has 0 radical (unpaired) electrons. The van der Waals surface area contributed by atoms with Crippen LogP contribution in [0.15, 0.2) is 48.5 Å². The van der Waals surface area contributed by atoms with Gasteiger partial charge >= 0.3 is 12.1 Å². The van der Waals surface area contributed by atoms with Crippen molar-refractivity contribution in [1.82, 2.24) is 10.6 Å². The maximum Gasteiger partial charge on any atom is 0.407 e. The first-order chi connectivity index (χ1) is 16.8. The molecular weight excluding hydrogens is 458 g/mol. The zero-order valence-electron chi connectivity index (χ0n) is 19.1. The van der Waals surface area contributed by atoms with E-state index < -0.39 is 36.9 Å². The fourth-order valence-corrected chi connectivity index (χ4v) is 5.13. The minimum Gasteiger partial charge on any atom is -0.481 e. The number of carbonyl (C=O) groups excluding carboxylic acids is 2.